The molecule has 4 rings (SSSR count). The minimum Gasteiger partial charge on any atom is -0.438 e. The van der Waals surface area contributed by atoms with Crippen molar-refractivity contribution >= 4 is 11.9 Å². The fraction of sp³-hybridized carbons (Fsp3) is 0.320. The molecule has 1 aromatic heterocycles. The average molecular weight is 505 g/mol. The number of benzene rings is 2. The Hall–Kier alpha value is -3.73. The van der Waals surface area contributed by atoms with E-state index in [1.807, 2.05) is 18.2 Å². The van der Waals surface area contributed by atoms with E-state index in [2.05, 4.69) is 5.16 Å². The molecule has 1 amide bonds. The predicted octanol–water partition coefficient (Wildman–Crippen LogP) is 4.19. The van der Waals surface area contributed by atoms with Crippen LogP contribution in [0.25, 0.3) is 11.3 Å². The molecule has 1 saturated heterocycles. The highest BCUT2D eigenvalue weighted by atomic mass is 19.4. The van der Waals surface area contributed by atoms with Gasteiger partial charge in [-0.3, -0.25) is 9.69 Å². The van der Waals surface area contributed by atoms with Gasteiger partial charge in [0.15, 0.2) is 12.0 Å². The van der Waals surface area contributed by atoms with Crippen LogP contribution in [-0.4, -0.2) is 58.9 Å². The smallest absolute Gasteiger partial charge is 0.438 e. The molecule has 2 aromatic carbocycles. The lowest BCUT2D eigenvalue weighted by Crippen LogP contribution is -2.56. The summed E-state index contributed by atoms with van der Waals surface area (Å²) in [7, 11) is 0. The molecule has 1 aliphatic heterocycles. The van der Waals surface area contributed by atoms with E-state index < -0.39 is 24.2 Å². The normalized spacial score (nSPS) is 16.7. The maximum Gasteiger partial charge on any atom is 0.490 e. The summed E-state index contributed by atoms with van der Waals surface area (Å²) >= 11 is 0. The molecule has 7 nitrogen and oxygen atoms in total. The standard InChI is InChI=1S/C25H23F4N3O4/c26-20-9-6-18(7-10-20)23-19(14-30-36-23)8-11-21(33)31-12-13-32(15-17-4-2-1-3-5-17)22(16-31)35-24(34)25(27,28)29/h1-7,9-10,14,22H,8,11-13,15-16H2. The number of aromatic nitrogens is 1. The third-order valence-corrected chi connectivity index (χ3v) is 5.86. The van der Waals surface area contributed by atoms with Gasteiger partial charge in [0.2, 0.25) is 5.91 Å². The number of ether oxygens (including phenoxy) is 1. The van der Waals surface area contributed by atoms with E-state index in [9.17, 15) is 27.2 Å². The molecule has 0 saturated carbocycles. The van der Waals surface area contributed by atoms with Crippen LogP contribution in [0, 0.1) is 5.82 Å². The maximum atomic E-state index is 13.2. The van der Waals surface area contributed by atoms with Gasteiger partial charge in [-0.2, -0.15) is 13.2 Å². The zero-order valence-corrected chi connectivity index (χ0v) is 19.1. The van der Waals surface area contributed by atoms with Crippen LogP contribution in [0.1, 0.15) is 17.5 Å². The quantitative estimate of drug-likeness (QED) is 0.354. The van der Waals surface area contributed by atoms with Crippen LogP contribution >= 0.6 is 0 Å². The average Bonchev–Trinajstić information content (AvgIpc) is 3.32. The second kappa shape index (κ2) is 10.9. The lowest BCUT2D eigenvalue weighted by Gasteiger charge is -2.40. The van der Waals surface area contributed by atoms with Crippen LogP contribution in [-0.2, 0) is 27.3 Å². The van der Waals surface area contributed by atoms with Gasteiger partial charge in [0.1, 0.15) is 5.82 Å². The lowest BCUT2D eigenvalue weighted by atomic mass is 10.0. The van der Waals surface area contributed by atoms with Gasteiger partial charge in [-0.05, 0) is 36.2 Å². The van der Waals surface area contributed by atoms with Crippen LogP contribution < -0.4 is 0 Å². The van der Waals surface area contributed by atoms with E-state index in [-0.39, 0.29) is 44.9 Å². The summed E-state index contributed by atoms with van der Waals surface area (Å²) in [5.41, 5.74) is 2.08. The Balaban J connectivity index is 1.41. The summed E-state index contributed by atoms with van der Waals surface area (Å²) in [6, 6.07) is 14.7. The third kappa shape index (κ3) is 6.28. The highest BCUT2D eigenvalue weighted by Crippen LogP contribution is 2.26. The highest BCUT2D eigenvalue weighted by molar-refractivity contribution is 5.78. The summed E-state index contributed by atoms with van der Waals surface area (Å²) < 4.78 is 61.9. The van der Waals surface area contributed by atoms with Gasteiger partial charge in [0.05, 0.1) is 12.7 Å². The van der Waals surface area contributed by atoms with Crippen molar-refractivity contribution in [2.75, 3.05) is 19.6 Å². The number of nitrogens with zero attached hydrogens (tertiary/aromatic N) is 3. The zero-order valence-electron chi connectivity index (χ0n) is 19.1. The Morgan fingerprint density at radius 2 is 1.78 bits per heavy atom. The van der Waals surface area contributed by atoms with Crippen LogP contribution in [0.15, 0.2) is 65.3 Å². The van der Waals surface area contributed by atoms with E-state index in [0.717, 1.165) is 5.56 Å². The van der Waals surface area contributed by atoms with Crippen molar-refractivity contribution < 1.29 is 36.4 Å². The first-order valence-electron chi connectivity index (χ1n) is 11.2. The molecule has 190 valence electrons. The van der Waals surface area contributed by atoms with Gasteiger partial charge in [-0.15, -0.1) is 0 Å². The number of esters is 1. The predicted molar refractivity (Wildman–Crippen MR) is 120 cm³/mol. The topological polar surface area (TPSA) is 75.9 Å². The number of halogens is 4. The van der Waals surface area contributed by atoms with E-state index in [4.69, 9.17) is 9.26 Å². The van der Waals surface area contributed by atoms with Crippen LogP contribution in [0.5, 0.6) is 0 Å². The first-order chi connectivity index (χ1) is 17.2. The van der Waals surface area contributed by atoms with Crippen molar-refractivity contribution in [2.45, 2.75) is 31.8 Å². The largest absolute Gasteiger partial charge is 0.490 e. The van der Waals surface area contributed by atoms with Gasteiger partial charge in [-0.25, -0.2) is 9.18 Å². The monoisotopic (exact) mass is 505 g/mol. The Morgan fingerprint density at radius 1 is 1.06 bits per heavy atom. The lowest BCUT2D eigenvalue weighted by molar-refractivity contribution is -0.217. The second-order valence-corrected chi connectivity index (χ2v) is 8.34. The molecule has 11 heteroatoms. The number of rotatable bonds is 7. The minimum atomic E-state index is -5.14. The first kappa shape index (κ1) is 25.4. The number of hydrogen-bond acceptors (Lipinski definition) is 6. The van der Waals surface area contributed by atoms with Crippen molar-refractivity contribution in [3.63, 3.8) is 0 Å². The van der Waals surface area contributed by atoms with Crippen molar-refractivity contribution in [1.29, 1.82) is 0 Å². The molecule has 0 aliphatic carbocycles. The molecule has 0 N–H and O–H groups in total. The molecular formula is C25H23F4N3O4. The molecule has 1 fully saturated rings. The van der Waals surface area contributed by atoms with E-state index in [1.54, 1.807) is 17.0 Å². The van der Waals surface area contributed by atoms with Gasteiger partial charge >= 0.3 is 12.1 Å². The second-order valence-electron chi connectivity index (χ2n) is 8.34. The summed E-state index contributed by atoms with van der Waals surface area (Å²) in [5.74, 6) is -2.60. The van der Waals surface area contributed by atoms with E-state index in [0.29, 0.717) is 16.9 Å². The Morgan fingerprint density at radius 3 is 2.47 bits per heavy atom. The molecular weight excluding hydrogens is 482 g/mol. The molecule has 1 aliphatic rings. The van der Waals surface area contributed by atoms with Crippen LogP contribution in [0.2, 0.25) is 0 Å². The summed E-state index contributed by atoms with van der Waals surface area (Å²) in [4.78, 5) is 27.5. The Kier molecular flexibility index (Phi) is 7.68. The first-order valence-corrected chi connectivity index (χ1v) is 11.2. The van der Waals surface area contributed by atoms with Crippen molar-refractivity contribution in [2.24, 2.45) is 0 Å². The van der Waals surface area contributed by atoms with Crippen molar-refractivity contribution in [3.8, 4) is 11.3 Å². The summed E-state index contributed by atoms with van der Waals surface area (Å²) in [6.07, 6.45) is -4.63. The summed E-state index contributed by atoms with van der Waals surface area (Å²) in [5, 5.41) is 3.76. The highest BCUT2D eigenvalue weighted by Gasteiger charge is 2.44. The summed E-state index contributed by atoms with van der Waals surface area (Å²) in [6.45, 7) is 0.563. The fourth-order valence-corrected chi connectivity index (χ4v) is 3.99. The number of amides is 1. The molecule has 1 unspecified atom stereocenters. The minimum absolute atomic E-state index is 0.0357. The number of alkyl halides is 3. The fourth-order valence-electron chi connectivity index (χ4n) is 3.99. The molecule has 36 heavy (non-hydrogen) atoms. The number of carbonyl (C=O) groups excluding carboxylic acids is 2. The molecule has 3 aromatic rings. The molecule has 0 spiro atoms. The molecule has 2 heterocycles. The van der Waals surface area contributed by atoms with Crippen LogP contribution in [0.3, 0.4) is 0 Å². The van der Waals surface area contributed by atoms with Gasteiger partial charge in [0, 0.05) is 37.2 Å². The molecule has 0 radical (unpaired) electrons. The van der Waals surface area contributed by atoms with Crippen LogP contribution in [0.4, 0.5) is 17.6 Å². The maximum absolute atomic E-state index is 13.2. The number of hydrogen-bond donors (Lipinski definition) is 0. The van der Waals surface area contributed by atoms with Crippen molar-refractivity contribution in [3.05, 3.63) is 77.7 Å². The van der Waals surface area contributed by atoms with E-state index in [1.165, 1.54) is 35.4 Å². The third-order valence-electron chi connectivity index (χ3n) is 5.86. The van der Waals surface area contributed by atoms with E-state index >= 15 is 0 Å². The SMILES string of the molecule is O=C(CCc1cnoc1-c1ccc(F)cc1)N1CCN(Cc2ccccc2)C(OC(=O)C(F)(F)F)C1. The van der Waals surface area contributed by atoms with Gasteiger partial charge < -0.3 is 14.2 Å². The Bertz CT molecular complexity index is 1180. The van der Waals surface area contributed by atoms with Crippen molar-refractivity contribution in [1.82, 2.24) is 15.0 Å². The number of piperazine rings is 1. The van der Waals surface area contributed by atoms with Gasteiger partial charge in [-0.1, -0.05) is 35.5 Å². The number of carbonyl (C=O) groups is 2. The number of aryl methyl sites for hydroxylation is 1. The Labute approximate surface area is 204 Å². The molecule has 1 atom stereocenters. The zero-order chi connectivity index (χ0) is 25.7. The van der Waals surface area contributed by atoms with Gasteiger partial charge in [0.25, 0.3) is 0 Å². The molecule has 0 bridgehead atoms.